The van der Waals surface area contributed by atoms with Crippen LogP contribution in [0, 0.1) is 5.41 Å². The van der Waals surface area contributed by atoms with E-state index in [2.05, 4.69) is 21.2 Å². The number of nitrogens with one attached hydrogen (secondary N) is 1. The molecule has 5 heteroatoms. The maximum atomic E-state index is 12.5. The normalized spacial score (nSPS) is 26.2. The van der Waals surface area contributed by atoms with Crippen LogP contribution in [-0.2, 0) is 4.79 Å². The second kappa shape index (κ2) is 5.51. The summed E-state index contributed by atoms with van der Waals surface area (Å²) in [6, 6.07) is 5.44. The number of hydrogen-bond donors (Lipinski definition) is 2. The fourth-order valence-corrected chi connectivity index (χ4v) is 2.88. The summed E-state index contributed by atoms with van der Waals surface area (Å²) in [4.78, 5) is 12.5. The minimum atomic E-state index is -0.493. The van der Waals surface area contributed by atoms with Gasteiger partial charge in [-0.25, -0.2) is 0 Å². The molecule has 1 aromatic carbocycles. The summed E-state index contributed by atoms with van der Waals surface area (Å²) in [6.07, 6.45) is 2.73. The van der Waals surface area contributed by atoms with Gasteiger partial charge in [0, 0.05) is 10.5 Å². The van der Waals surface area contributed by atoms with E-state index in [0.717, 1.165) is 23.7 Å². The molecule has 1 aliphatic rings. The Morgan fingerprint density at radius 3 is 2.89 bits per heavy atom. The summed E-state index contributed by atoms with van der Waals surface area (Å²) in [5.74, 6) is 0.612. The Morgan fingerprint density at radius 2 is 2.32 bits per heavy atom. The second-order valence-electron chi connectivity index (χ2n) is 5.21. The first-order chi connectivity index (χ1) is 8.97. The monoisotopic (exact) mass is 326 g/mol. The van der Waals surface area contributed by atoms with Crippen molar-refractivity contribution < 1.29 is 9.53 Å². The molecule has 1 amide bonds. The Morgan fingerprint density at radius 1 is 1.58 bits per heavy atom. The van der Waals surface area contributed by atoms with Gasteiger partial charge in [-0.2, -0.15) is 0 Å². The lowest BCUT2D eigenvalue weighted by molar-refractivity contribution is -0.125. The molecule has 0 heterocycles. The standard InChI is InChI=1S/C14H19BrN2O2/c1-14(7-3-4-12(14)16)13(18)17-10-8-9(15)5-6-11(10)19-2/h5-6,8,12H,3-4,7,16H2,1-2H3,(H,17,18). The van der Waals surface area contributed by atoms with Crippen molar-refractivity contribution in [2.75, 3.05) is 12.4 Å². The molecule has 2 atom stereocenters. The Balaban J connectivity index is 2.21. The molecule has 4 nitrogen and oxygen atoms in total. The molecule has 1 saturated carbocycles. The van der Waals surface area contributed by atoms with Crippen LogP contribution in [0.4, 0.5) is 5.69 Å². The molecule has 2 rings (SSSR count). The minimum absolute atomic E-state index is 0.0334. The fraction of sp³-hybridized carbons (Fsp3) is 0.500. The molecule has 0 aromatic heterocycles. The highest BCUT2D eigenvalue weighted by atomic mass is 79.9. The van der Waals surface area contributed by atoms with Gasteiger partial charge in [0.2, 0.25) is 5.91 Å². The van der Waals surface area contributed by atoms with Crippen molar-refractivity contribution in [2.45, 2.75) is 32.2 Å². The molecule has 1 aromatic rings. The topological polar surface area (TPSA) is 64.3 Å². The van der Waals surface area contributed by atoms with E-state index in [1.54, 1.807) is 7.11 Å². The quantitative estimate of drug-likeness (QED) is 0.897. The number of anilines is 1. The predicted molar refractivity (Wildman–Crippen MR) is 79.3 cm³/mol. The van der Waals surface area contributed by atoms with Crippen molar-refractivity contribution in [3.8, 4) is 5.75 Å². The van der Waals surface area contributed by atoms with Gasteiger partial charge in [-0.1, -0.05) is 22.4 Å². The van der Waals surface area contributed by atoms with Crippen LogP contribution >= 0.6 is 15.9 Å². The lowest BCUT2D eigenvalue weighted by Gasteiger charge is -2.27. The fourth-order valence-electron chi connectivity index (χ4n) is 2.52. The zero-order valence-electron chi connectivity index (χ0n) is 11.2. The molecule has 0 radical (unpaired) electrons. The summed E-state index contributed by atoms with van der Waals surface area (Å²) in [5.41, 5.74) is 6.24. The van der Waals surface area contributed by atoms with E-state index in [1.165, 1.54) is 0 Å². The van der Waals surface area contributed by atoms with Crippen LogP contribution in [0.25, 0.3) is 0 Å². The molecule has 0 spiro atoms. The van der Waals surface area contributed by atoms with Gasteiger partial charge in [-0.15, -0.1) is 0 Å². The first-order valence-corrected chi connectivity index (χ1v) is 7.17. The molecule has 2 unspecified atom stereocenters. The van der Waals surface area contributed by atoms with Gasteiger partial charge in [0.05, 0.1) is 18.2 Å². The Bertz CT molecular complexity index is 492. The highest BCUT2D eigenvalue weighted by Crippen LogP contribution is 2.38. The summed E-state index contributed by atoms with van der Waals surface area (Å²) >= 11 is 3.39. The van der Waals surface area contributed by atoms with Crippen LogP contribution in [0.5, 0.6) is 5.75 Å². The van der Waals surface area contributed by atoms with Gasteiger partial charge in [0.1, 0.15) is 5.75 Å². The average molecular weight is 327 g/mol. The van der Waals surface area contributed by atoms with Crippen LogP contribution in [0.3, 0.4) is 0 Å². The van der Waals surface area contributed by atoms with Crippen molar-refractivity contribution in [1.29, 1.82) is 0 Å². The van der Waals surface area contributed by atoms with Crippen LogP contribution in [-0.4, -0.2) is 19.1 Å². The van der Waals surface area contributed by atoms with Gasteiger partial charge in [0.15, 0.2) is 0 Å². The first-order valence-electron chi connectivity index (χ1n) is 6.38. The van der Waals surface area contributed by atoms with Crippen molar-refractivity contribution >= 4 is 27.5 Å². The number of carbonyl (C=O) groups excluding carboxylic acids is 1. The number of hydrogen-bond acceptors (Lipinski definition) is 3. The number of halogens is 1. The molecule has 3 N–H and O–H groups in total. The van der Waals surface area contributed by atoms with Crippen molar-refractivity contribution in [1.82, 2.24) is 0 Å². The Labute approximate surface area is 121 Å². The zero-order valence-corrected chi connectivity index (χ0v) is 12.8. The molecule has 1 aliphatic carbocycles. The predicted octanol–water partition coefficient (Wildman–Crippen LogP) is 2.91. The SMILES string of the molecule is COc1ccc(Br)cc1NC(=O)C1(C)CCCC1N. The summed E-state index contributed by atoms with van der Waals surface area (Å²) in [6.45, 7) is 1.93. The lowest BCUT2D eigenvalue weighted by atomic mass is 9.84. The number of nitrogens with two attached hydrogens (primary N) is 1. The third kappa shape index (κ3) is 2.77. The smallest absolute Gasteiger partial charge is 0.231 e. The number of ether oxygens (including phenoxy) is 1. The first kappa shape index (κ1) is 14.3. The van der Waals surface area contributed by atoms with Crippen LogP contribution in [0.1, 0.15) is 26.2 Å². The van der Waals surface area contributed by atoms with Crippen molar-refractivity contribution in [2.24, 2.45) is 11.1 Å². The zero-order chi connectivity index (χ0) is 14.0. The second-order valence-corrected chi connectivity index (χ2v) is 6.13. The Kier molecular flexibility index (Phi) is 4.16. The summed E-state index contributed by atoms with van der Waals surface area (Å²) in [7, 11) is 1.59. The van der Waals surface area contributed by atoms with E-state index in [4.69, 9.17) is 10.5 Å². The van der Waals surface area contributed by atoms with Crippen molar-refractivity contribution in [3.05, 3.63) is 22.7 Å². The molecule has 19 heavy (non-hydrogen) atoms. The van der Waals surface area contributed by atoms with Gasteiger partial charge < -0.3 is 15.8 Å². The maximum absolute atomic E-state index is 12.5. The molecule has 0 aliphatic heterocycles. The van der Waals surface area contributed by atoms with E-state index >= 15 is 0 Å². The van der Waals surface area contributed by atoms with Crippen LogP contribution < -0.4 is 15.8 Å². The van der Waals surface area contributed by atoms with E-state index < -0.39 is 5.41 Å². The number of carbonyl (C=O) groups is 1. The number of methoxy groups -OCH3 is 1. The number of rotatable bonds is 3. The van der Waals surface area contributed by atoms with Gasteiger partial charge in [-0.3, -0.25) is 4.79 Å². The largest absolute Gasteiger partial charge is 0.495 e. The molecular weight excluding hydrogens is 308 g/mol. The number of amides is 1. The van der Waals surface area contributed by atoms with E-state index in [-0.39, 0.29) is 11.9 Å². The minimum Gasteiger partial charge on any atom is -0.495 e. The van der Waals surface area contributed by atoms with Gasteiger partial charge in [-0.05, 0) is 38.0 Å². The van der Waals surface area contributed by atoms with Crippen LogP contribution in [0.15, 0.2) is 22.7 Å². The summed E-state index contributed by atoms with van der Waals surface area (Å²) < 4.78 is 6.15. The van der Waals surface area contributed by atoms with Crippen LogP contribution in [0.2, 0.25) is 0 Å². The Hall–Kier alpha value is -1.07. The van der Waals surface area contributed by atoms with E-state index in [1.807, 2.05) is 25.1 Å². The lowest BCUT2D eigenvalue weighted by Crippen LogP contribution is -2.44. The molecular formula is C14H19BrN2O2. The van der Waals surface area contributed by atoms with E-state index in [0.29, 0.717) is 11.4 Å². The molecule has 104 valence electrons. The average Bonchev–Trinajstić information content (AvgIpc) is 2.71. The number of benzene rings is 1. The summed E-state index contributed by atoms with van der Waals surface area (Å²) in [5, 5.41) is 2.94. The third-order valence-electron chi connectivity index (χ3n) is 3.96. The third-order valence-corrected chi connectivity index (χ3v) is 4.45. The molecule has 0 saturated heterocycles. The highest BCUT2D eigenvalue weighted by Gasteiger charge is 2.43. The van der Waals surface area contributed by atoms with Crippen molar-refractivity contribution in [3.63, 3.8) is 0 Å². The van der Waals surface area contributed by atoms with Gasteiger partial charge in [0.25, 0.3) is 0 Å². The molecule has 1 fully saturated rings. The molecule has 0 bridgehead atoms. The van der Waals surface area contributed by atoms with E-state index in [9.17, 15) is 4.79 Å². The maximum Gasteiger partial charge on any atom is 0.231 e. The highest BCUT2D eigenvalue weighted by molar-refractivity contribution is 9.10. The van der Waals surface area contributed by atoms with Gasteiger partial charge >= 0.3 is 0 Å².